The molecule has 0 saturated carbocycles. The van der Waals surface area contributed by atoms with Crippen LogP contribution in [0.5, 0.6) is 5.75 Å². The first-order valence-electron chi connectivity index (χ1n) is 6.70. The summed E-state index contributed by atoms with van der Waals surface area (Å²) in [6.07, 6.45) is 4.71. The van der Waals surface area contributed by atoms with Gasteiger partial charge in [-0.2, -0.15) is 5.10 Å². The number of nitrogens with one attached hydrogen (secondary N) is 1. The first-order valence-corrected chi connectivity index (χ1v) is 6.70. The Labute approximate surface area is 114 Å². The third kappa shape index (κ3) is 3.83. The summed E-state index contributed by atoms with van der Waals surface area (Å²) in [6, 6.07) is 8.40. The van der Waals surface area contributed by atoms with Gasteiger partial charge in [0.05, 0.1) is 12.4 Å². The number of hydrogen-bond acceptors (Lipinski definition) is 3. The van der Waals surface area contributed by atoms with Crippen molar-refractivity contribution in [3.63, 3.8) is 0 Å². The Bertz CT molecular complexity index is 508. The van der Waals surface area contributed by atoms with Crippen molar-refractivity contribution in [1.82, 2.24) is 15.1 Å². The van der Waals surface area contributed by atoms with E-state index < -0.39 is 0 Å². The van der Waals surface area contributed by atoms with Gasteiger partial charge in [0.25, 0.3) is 0 Å². The normalized spacial score (nSPS) is 10.6. The molecule has 1 heterocycles. The Balaban J connectivity index is 1.98. The quantitative estimate of drug-likeness (QED) is 0.829. The second-order valence-electron chi connectivity index (χ2n) is 4.44. The predicted octanol–water partition coefficient (Wildman–Crippen LogP) is 2.24. The number of ether oxygens (including phenoxy) is 1. The lowest BCUT2D eigenvalue weighted by atomic mass is 10.1. The van der Waals surface area contributed by atoms with Gasteiger partial charge < -0.3 is 10.1 Å². The van der Waals surface area contributed by atoms with E-state index in [1.807, 2.05) is 17.9 Å². The lowest BCUT2D eigenvalue weighted by Crippen LogP contribution is -2.12. The van der Waals surface area contributed by atoms with Crippen LogP contribution in [0.4, 0.5) is 0 Å². The Morgan fingerprint density at radius 1 is 1.26 bits per heavy atom. The van der Waals surface area contributed by atoms with E-state index in [1.165, 1.54) is 11.1 Å². The van der Waals surface area contributed by atoms with Crippen LogP contribution >= 0.6 is 0 Å². The number of aryl methyl sites for hydroxylation is 1. The van der Waals surface area contributed by atoms with Crippen molar-refractivity contribution in [2.24, 2.45) is 0 Å². The van der Waals surface area contributed by atoms with Gasteiger partial charge in [-0.1, -0.05) is 24.3 Å². The SMILES string of the molecule is CCn1cc(OCc2ccccc2CCNC)cn1. The lowest BCUT2D eigenvalue weighted by molar-refractivity contribution is 0.304. The summed E-state index contributed by atoms with van der Waals surface area (Å²) in [5, 5.41) is 7.37. The monoisotopic (exact) mass is 259 g/mol. The Hall–Kier alpha value is -1.81. The number of aromatic nitrogens is 2. The fourth-order valence-electron chi connectivity index (χ4n) is 1.96. The molecule has 0 bridgehead atoms. The number of nitrogens with zero attached hydrogens (tertiary/aromatic N) is 2. The summed E-state index contributed by atoms with van der Waals surface area (Å²) in [5.41, 5.74) is 2.57. The van der Waals surface area contributed by atoms with E-state index in [1.54, 1.807) is 6.20 Å². The van der Waals surface area contributed by atoms with Gasteiger partial charge in [-0.25, -0.2) is 0 Å². The molecular weight excluding hydrogens is 238 g/mol. The zero-order valence-corrected chi connectivity index (χ0v) is 11.6. The zero-order valence-electron chi connectivity index (χ0n) is 11.6. The molecule has 1 aromatic heterocycles. The predicted molar refractivity (Wildman–Crippen MR) is 76.3 cm³/mol. The molecule has 1 aromatic carbocycles. The highest BCUT2D eigenvalue weighted by Gasteiger charge is 2.03. The van der Waals surface area contributed by atoms with E-state index >= 15 is 0 Å². The van der Waals surface area contributed by atoms with Crippen LogP contribution < -0.4 is 10.1 Å². The molecule has 0 aliphatic carbocycles. The third-order valence-corrected chi connectivity index (χ3v) is 3.09. The van der Waals surface area contributed by atoms with Crippen LogP contribution in [0.15, 0.2) is 36.7 Å². The molecule has 0 radical (unpaired) electrons. The molecule has 0 saturated heterocycles. The van der Waals surface area contributed by atoms with E-state index in [-0.39, 0.29) is 0 Å². The van der Waals surface area contributed by atoms with Crippen LogP contribution in [0.1, 0.15) is 18.1 Å². The van der Waals surface area contributed by atoms with E-state index in [0.717, 1.165) is 25.3 Å². The molecular formula is C15H21N3O. The summed E-state index contributed by atoms with van der Waals surface area (Å²) in [4.78, 5) is 0. The minimum atomic E-state index is 0.593. The van der Waals surface area contributed by atoms with Crippen molar-refractivity contribution in [2.75, 3.05) is 13.6 Å². The minimum Gasteiger partial charge on any atom is -0.486 e. The van der Waals surface area contributed by atoms with E-state index in [9.17, 15) is 0 Å². The van der Waals surface area contributed by atoms with Crippen molar-refractivity contribution in [2.45, 2.75) is 26.5 Å². The first kappa shape index (κ1) is 13.6. The molecule has 0 aliphatic rings. The van der Waals surface area contributed by atoms with Crippen molar-refractivity contribution in [3.05, 3.63) is 47.8 Å². The van der Waals surface area contributed by atoms with Gasteiger partial charge in [0.15, 0.2) is 5.75 Å². The largest absolute Gasteiger partial charge is 0.486 e. The number of benzene rings is 1. The average molecular weight is 259 g/mol. The molecule has 102 valence electrons. The standard InChI is InChI=1S/C15H21N3O/c1-3-18-11-15(10-17-18)19-12-14-7-5-4-6-13(14)8-9-16-2/h4-7,10-11,16H,3,8-9,12H2,1-2H3. The molecule has 0 atom stereocenters. The second-order valence-corrected chi connectivity index (χ2v) is 4.44. The van der Waals surface area contributed by atoms with Crippen molar-refractivity contribution in [1.29, 1.82) is 0 Å². The van der Waals surface area contributed by atoms with E-state index in [2.05, 4.69) is 41.6 Å². The highest BCUT2D eigenvalue weighted by atomic mass is 16.5. The Kier molecular flexibility index (Phi) is 4.98. The van der Waals surface area contributed by atoms with Crippen LogP contribution in [0.2, 0.25) is 0 Å². The molecule has 0 fully saturated rings. The molecule has 0 spiro atoms. The van der Waals surface area contributed by atoms with Gasteiger partial charge in [-0.05, 0) is 38.1 Å². The highest BCUT2D eigenvalue weighted by Crippen LogP contribution is 2.14. The van der Waals surface area contributed by atoms with Gasteiger partial charge in [0, 0.05) is 6.54 Å². The molecule has 0 amide bonds. The molecule has 4 heteroatoms. The van der Waals surface area contributed by atoms with Crippen molar-refractivity contribution in [3.8, 4) is 5.75 Å². The van der Waals surface area contributed by atoms with Crippen molar-refractivity contribution >= 4 is 0 Å². The average Bonchev–Trinajstić information content (AvgIpc) is 2.91. The summed E-state index contributed by atoms with van der Waals surface area (Å²) < 4.78 is 7.65. The van der Waals surface area contributed by atoms with E-state index in [0.29, 0.717) is 6.61 Å². The van der Waals surface area contributed by atoms with Gasteiger partial charge in [-0.15, -0.1) is 0 Å². The molecule has 0 unspecified atom stereocenters. The number of likely N-dealkylation sites (N-methyl/N-ethyl adjacent to an activating group) is 1. The van der Waals surface area contributed by atoms with Crippen LogP contribution in [0.25, 0.3) is 0 Å². The molecule has 2 rings (SSSR count). The summed E-state index contributed by atoms with van der Waals surface area (Å²) >= 11 is 0. The third-order valence-electron chi connectivity index (χ3n) is 3.09. The molecule has 0 aliphatic heterocycles. The molecule has 2 aromatic rings. The maximum atomic E-state index is 5.79. The maximum absolute atomic E-state index is 5.79. The van der Waals surface area contributed by atoms with Gasteiger partial charge in [0.1, 0.15) is 6.61 Å². The second kappa shape index (κ2) is 6.95. The van der Waals surface area contributed by atoms with E-state index in [4.69, 9.17) is 4.74 Å². The van der Waals surface area contributed by atoms with Gasteiger partial charge in [0.2, 0.25) is 0 Å². The van der Waals surface area contributed by atoms with Gasteiger partial charge >= 0.3 is 0 Å². The fourth-order valence-corrected chi connectivity index (χ4v) is 1.96. The minimum absolute atomic E-state index is 0.593. The summed E-state index contributed by atoms with van der Waals surface area (Å²) in [7, 11) is 1.97. The lowest BCUT2D eigenvalue weighted by Gasteiger charge is -2.09. The Morgan fingerprint density at radius 2 is 2.05 bits per heavy atom. The summed E-state index contributed by atoms with van der Waals surface area (Å²) in [5.74, 6) is 0.824. The van der Waals surface area contributed by atoms with Crippen molar-refractivity contribution < 1.29 is 4.74 Å². The zero-order chi connectivity index (χ0) is 13.5. The van der Waals surface area contributed by atoms with Gasteiger partial charge in [-0.3, -0.25) is 4.68 Å². The summed E-state index contributed by atoms with van der Waals surface area (Å²) in [6.45, 7) is 4.49. The smallest absolute Gasteiger partial charge is 0.157 e. The molecule has 19 heavy (non-hydrogen) atoms. The fraction of sp³-hybridized carbons (Fsp3) is 0.400. The number of rotatable bonds is 7. The maximum Gasteiger partial charge on any atom is 0.157 e. The van der Waals surface area contributed by atoms with Crippen LogP contribution in [-0.4, -0.2) is 23.4 Å². The van der Waals surface area contributed by atoms with Crippen LogP contribution in [0.3, 0.4) is 0 Å². The molecule has 1 N–H and O–H groups in total. The van der Waals surface area contributed by atoms with Crippen LogP contribution in [-0.2, 0) is 19.6 Å². The topological polar surface area (TPSA) is 39.1 Å². The van der Waals surface area contributed by atoms with Crippen LogP contribution in [0, 0.1) is 0 Å². The highest BCUT2D eigenvalue weighted by molar-refractivity contribution is 5.27. The first-order chi connectivity index (χ1) is 9.33. The number of hydrogen-bond donors (Lipinski definition) is 1. The molecule has 4 nitrogen and oxygen atoms in total. The Morgan fingerprint density at radius 3 is 2.74 bits per heavy atom.